The number of halogens is 1. The summed E-state index contributed by atoms with van der Waals surface area (Å²) in [6.45, 7) is 1.80. The van der Waals surface area contributed by atoms with Crippen LogP contribution in [0.25, 0.3) is 0 Å². The maximum atomic E-state index is 13.4. The van der Waals surface area contributed by atoms with Crippen molar-refractivity contribution >= 4 is 11.9 Å². The van der Waals surface area contributed by atoms with Crippen molar-refractivity contribution in [2.45, 2.75) is 13.5 Å². The van der Waals surface area contributed by atoms with Gasteiger partial charge in [0, 0.05) is 18.3 Å². The Morgan fingerprint density at radius 2 is 2.05 bits per heavy atom. The molecule has 1 amide bonds. The zero-order chi connectivity index (χ0) is 15.4. The minimum atomic E-state index is -1.11. The Morgan fingerprint density at radius 1 is 1.29 bits per heavy atom. The molecule has 1 aromatic heterocycles. The highest BCUT2D eigenvalue weighted by Gasteiger charge is 2.08. The lowest BCUT2D eigenvalue weighted by molar-refractivity contribution is 0.0690. The van der Waals surface area contributed by atoms with Gasteiger partial charge in [0.25, 0.3) is 5.91 Å². The molecule has 0 spiro atoms. The van der Waals surface area contributed by atoms with Gasteiger partial charge in [0.05, 0.1) is 0 Å². The fourth-order valence-electron chi connectivity index (χ4n) is 1.67. The van der Waals surface area contributed by atoms with Crippen molar-refractivity contribution < 1.29 is 19.1 Å². The molecular weight excluding hydrogens is 275 g/mol. The molecule has 0 aliphatic rings. The van der Waals surface area contributed by atoms with E-state index >= 15 is 0 Å². The first-order valence-corrected chi connectivity index (χ1v) is 6.20. The second-order valence-corrected chi connectivity index (χ2v) is 4.50. The van der Waals surface area contributed by atoms with E-state index in [1.807, 2.05) is 0 Å². The zero-order valence-corrected chi connectivity index (χ0v) is 11.3. The number of carbonyl (C=O) groups is 2. The second-order valence-electron chi connectivity index (χ2n) is 4.50. The Bertz CT molecular complexity index is 684. The first-order chi connectivity index (χ1) is 9.97. The number of nitrogens with zero attached hydrogens (tertiary/aromatic N) is 1. The monoisotopic (exact) mass is 288 g/mol. The standard InChI is InChI=1S/C15H13FN2O3/c1-9-2-4-11(6-12(9)16)14(19)18-8-10-3-5-13(15(20)21)17-7-10/h2-7H,8H2,1H3,(H,18,19)(H,20,21). The van der Waals surface area contributed by atoms with Gasteiger partial charge in [-0.25, -0.2) is 14.2 Å². The number of carboxylic acids is 1. The van der Waals surface area contributed by atoms with E-state index in [4.69, 9.17) is 5.11 Å². The predicted molar refractivity (Wildman–Crippen MR) is 73.5 cm³/mol. The number of carbonyl (C=O) groups excluding carboxylic acids is 1. The second kappa shape index (κ2) is 6.13. The van der Waals surface area contributed by atoms with Crippen molar-refractivity contribution in [2.24, 2.45) is 0 Å². The number of carboxylic acid groups (broad SMARTS) is 1. The van der Waals surface area contributed by atoms with Crippen LogP contribution in [0.2, 0.25) is 0 Å². The summed E-state index contributed by atoms with van der Waals surface area (Å²) in [7, 11) is 0. The first-order valence-electron chi connectivity index (χ1n) is 6.20. The van der Waals surface area contributed by atoms with E-state index in [1.54, 1.807) is 19.1 Å². The molecule has 2 rings (SSSR count). The zero-order valence-electron chi connectivity index (χ0n) is 11.3. The smallest absolute Gasteiger partial charge is 0.354 e. The third kappa shape index (κ3) is 3.62. The first kappa shape index (κ1) is 14.6. The van der Waals surface area contributed by atoms with E-state index in [0.29, 0.717) is 11.1 Å². The van der Waals surface area contributed by atoms with Crippen LogP contribution in [0.15, 0.2) is 36.5 Å². The summed E-state index contributed by atoms with van der Waals surface area (Å²) in [4.78, 5) is 26.3. The van der Waals surface area contributed by atoms with Crippen molar-refractivity contribution in [3.05, 3.63) is 64.7 Å². The van der Waals surface area contributed by atoms with Gasteiger partial charge in [-0.1, -0.05) is 12.1 Å². The third-order valence-electron chi connectivity index (χ3n) is 2.93. The van der Waals surface area contributed by atoms with Gasteiger partial charge < -0.3 is 10.4 Å². The molecule has 0 unspecified atom stereocenters. The topological polar surface area (TPSA) is 79.3 Å². The SMILES string of the molecule is Cc1ccc(C(=O)NCc2ccc(C(=O)O)nc2)cc1F. The molecule has 0 aliphatic carbocycles. The van der Waals surface area contributed by atoms with Crippen molar-refractivity contribution in [1.29, 1.82) is 0 Å². The van der Waals surface area contributed by atoms with Gasteiger partial charge in [-0.2, -0.15) is 0 Å². The van der Waals surface area contributed by atoms with Crippen molar-refractivity contribution in [3.8, 4) is 0 Å². The van der Waals surface area contributed by atoms with E-state index in [-0.39, 0.29) is 17.8 Å². The van der Waals surface area contributed by atoms with E-state index < -0.39 is 17.7 Å². The number of hydrogen-bond acceptors (Lipinski definition) is 3. The van der Waals surface area contributed by atoms with Crippen LogP contribution < -0.4 is 5.32 Å². The summed E-state index contributed by atoms with van der Waals surface area (Å²) in [5, 5.41) is 11.3. The van der Waals surface area contributed by atoms with Gasteiger partial charge in [0.15, 0.2) is 0 Å². The molecule has 6 heteroatoms. The lowest BCUT2D eigenvalue weighted by atomic mass is 10.1. The molecule has 2 aromatic rings. The molecule has 0 bridgehead atoms. The van der Waals surface area contributed by atoms with Crippen LogP contribution in [0.3, 0.4) is 0 Å². The number of aromatic carboxylic acids is 1. The van der Waals surface area contributed by atoms with Gasteiger partial charge in [-0.3, -0.25) is 4.79 Å². The lowest BCUT2D eigenvalue weighted by Gasteiger charge is -2.06. The minimum Gasteiger partial charge on any atom is -0.477 e. The number of amides is 1. The van der Waals surface area contributed by atoms with Gasteiger partial charge in [0.2, 0.25) is 0 Å². The molecule has 0 aliphatic heterocycles. The van der Waals surface area contributed by atoms with Gasteiger partial charge >= 0.3 is 5.97 Å². The Morgan fingerprint density at radius 3 is 2.62 bits per heavy atom. The highest BCUT2D eigenvalue weighted by Crippen LogP contribution is 2.09. The third-order valence-corrected chi connectivity index (χ3v) is 2.93. The van der Waals surface area contributed by atoms with Crippen molar-refractivity contribution in [1.82, 2.24) is 10.3 Å². The van der Waals surface area contributed by atoms with Gasteiger partial charge in [-0.05, 0) is 36.2 Å². The molecule has 1 heterocycles. The summed E-state index contributed by atoms with van der Waals surface area (Å²) in [5.41, 5.74) is 1.29. The van der Waals surface area contributed by atoms with E-state index in [9.17, 15) is 14.0 Å². The average molecular weight is 288 g/mol. The number of pyridine rings is 1. The predicted octanol–water partition coefficient (Wildman–Crippen LogP) is 2.16. The maximum absolute atomic E-state index is 13.4. The number of aryl methyl sites for hydroxylation is 1. The Labute approximate surface area is 120 Å². The van der Waals surface area contributed by atoms with Gasteiger partial charge in [-0.15, -0.1) is 0 Å². The summed E-state index contributed by atoms with van der Waals surface area (Å²) < 4.78 is 13.4. The van der Waals surface area contributed by atoms with Crippen LogP contribution in [-0.4, -0.2) is 22.0 Å². The van der Waals surface area contributed by atoms with Crippen LogP contribution in [0.1, 0.15) is 32.0 Å². The van der Waals surface area contributed by atoms with Crippen LogP contribution in [-0.2, 0) is 6.54 Å². The molecule has 108 valence electrons. The number of benzene rings is 1. The normalized spacial score (nSPS) is 10.2. The van der Waals surface area contributed by atoms with Gasteiger partial charge in [0.1, 0.15) is 11.5 Å². The molecule has 21 heavy (non-hydrogen) atoms. The summed E-state index contributed by atoms with van der Waals surface area (Å²) in [6.07, 6.45) is 1.37. The Kier molecular flexibility index (Phi) is 4.27. The fraction of sp³-hybridized carbons (Fsp3) is 0.133. The highest BCUT2D eigenvalue weighted by molar-refractivity contribution is 5.94. The van der Waals surface area contributed by atoms with Crippen LogP contribution in [0, 0.1) is 12.7 Å². The lowest BCUT2D eigenvalue weighted by Crippen LogP contribution is -2.23. The van der Waals surface area contributed by atoms with E-state index in [1.165, 1.54) is 24.4 Å². The maximum Gasteiger partial charge on any atom is 0.354 e. The Hall–Kier alpha value is -2.76. The molecule has 0 saturated heterocycles. The number of hydrogen-bond donors (Lipinski definition) is 2. The molecule has 0 radical (unpaired) electrons. The fourth-order valence-corrected chi connectivity index (χ4v) is 1.67. The molecule has 0 atom stereocenters. The molecule has 5 nitrogen and oxygen atoms in total. The summed E-state index contributed by atoms with van der Waals surface area (Å²) in [5.74, 6) is -1.95. The molecule has 0 fully saturated rings. The van der Waals surface area contributed by atoms with Crippen molar-refractivity contribution in [3.63, 3.8) is 0 Å². The quantitative estimate of drug-likeness (QED) is 0.903. The number of rotatable bonds is 4. The molecule has 2 N–H and O–H groups in total. The largest absolute Gasteiger partial charge is 0.477 e. The summed E-state index contributed by atoms with van der Waals surface area (Å²) in [6, 6.07) is 7.17. The van der Waals surface area contributed by atoms with E-state index in [0.717, 1.165) is 0 Å². The Balaban J connectivity index is 2.00. The van der Waals surface area contributed by atoms with Crippen LogP contribution in [0.5, 0.6) is 0 Å². The molecule has 0 saturated carbocycles. The number of aromatic nitrogens is 1. The minimum absolute atomic E-state index is 0.0642. The molecule has 1 aromatic carbocycles. The van der Waals surface area contributed by atoms with E-state index in [2.05, 4.69) is 10.3 Å². The highest BCUT2D eigenvalue weighted by atomic mass is 19.1. The number of nitrogens with one attached hydrogen (secondary N) is 1. The summed E-state index contributed by atoms with van der Waals surface area (Å²) >= 11 is 0. The molecular formula is C15H13FN2O3. The van der Waals surface area contributed by atoms with Crippen LogP contribution in [0.4, 0.5) is 4.39 Å². The average Bonchev–Trinajstić information content (AvgIpc) is 2.48. The van der Waals surface area contributed by atoms with Crippen LogP contribution >= 0.6 is 0 Å². The van der Waals surface area contributed by atoms with Crippen molar-refractivity contribution in [2.75, 3.05) is 0 Å².